The van der Waals surface area contributed by atoms with Gasteiger partial charge in [-0.05, 0) is 31.7 Å². The lowest BCUT2D eigenvalue weighted by atomic mass is 9.90. The van der Waals surface area contributed by atoms with Crippen LogP contribution in [0.5, 0.6) is 0 Å². The van der Waals surface area contributed by atoms with E-state index in [0.29, 0.717) is 19.0 Å². The van der Waals surface area contributed by atoms with Gasteiger partial charge in [-0.25, -0.2) is 0 Å². The topological polar surface area (TPSA) is 15.3 Å². The Hall–Kier alpha value is -0.290. The van der Waals surface area contributed by atoms with E-state index in [-0.39, 0.29) is 12.0 Å². The summed E-state index contributed by atoms with van der Waals surface area (Å²) >= 11 is 0. The predicted octanol–water partition coefficient (Wildman–Crippen LogP) is 3.18. The van der Waals surface area contributed by atoms with E-state index in [2.05, 4.69) is 10.2 Å². The van der Waals surface area contributed by atoms with Gasteiger partial charge >= 0.3 is 6.18 Å². The Morgan fingerprint density at radius 3 is 2.37 bits per heavy atom. The second-order valence-corrected chi connectivity index (χ2v) is 6.12. The number of nitrogens with zero attached hydrogens (tertiary/aromatic N) is 1. The number of hydrogen-bond acceptors (Lipinski definition) is 2. The van der Waals surface area contributed by atoms with Crippen LogP contribution < -0.4 is 5.32 Å². The summed E-state index contributed by atoms with van der Waals surface area (Å²) < 4.78 is 37.7. The molecule has 0 radical (unpaired) electrons. The normalized spacial score (nSPS) is 30.9. The monoisotopic (exact) mass is 278 g/mol. The maximum absolute atomic E-state index is 12.6. The predicted molar refractivity (Wildman–Crippen MR) is 70.1 cm³/mol. The van der Waals surface area contributed by atoms with Crippen LogP contribution in [0.4, 0.5) is 13.2 Å². The van der Waals surface area contributed by atoms with E-state index in [4.69, 9.17) is 0 Å². The van der Waals surface area contributed by atoms with Crippen molar-refractivity contribution in [3.8, 4) is 0 Å². The van der Waals surface area contributed by atoms with Crippen molar-refractivity contribution in [3.63, 3.8) is 0 Å². The second kappa shape index (κ2) is 6.44. The molecule has 2 nitrogen and oxygen atoms in total. The molecule has 2 unspecified atom stereocenters. The Labute approximate surface area is 113 Å². The zero-order valence-corrected chi connectivity index (χ0v) is 11.7. The summed E-state index contributed by atoms with van der Waals surface area (Å²) in [5, 5.41) is 3.59. The largest absolute Gasteiger partial charge is 0.389 e. The number of alkyl halides is 3. The highest BCUT2D eigenvalue weighted by molar-refractivity contribution is 4.87. The van der Waals surface area contributed by atoms with E-state index in [1.165, 1.54) is 25.7 Å². The zero-order valence-electron chi connectivity index (χ0n) is 11.7. The number of likely N-dealkylation sites (tertiary alicyclic amines) is 1. The first-order chi connectivity index (χ1) is 8.96. The van der Waals surface area contributed by atoms with Gasteiger partial charge in [-0.1, -0.05) is 19.8 Å². The summed E-state index contributed by atoms with van der Waals surface area (Å²) in [6.07, 6.45) is 0.902. The van der Waals surface area contributed by atoms with Crippen molar-refractivity contribution in [1.29, 1.82) is 0 Å². The van der Waals surface area contributed by atoms with Crippen LogP contribution in [0.15, 0.2) is 0 Å². The molecule has 0 amide bonds. The number of likely N-dealkylation sites (N-methyl/N-ethyl adjacent to an activating group) is 1. The van der Waals surface area contributed by atoms with Crippen LogP contribution in [0.3, 0.4) is 0 Å². The Balaban J connectivity index is 1.87. The fourth-order valence-corrected chi connectivity index (χ4v) is 3.58. The summed E-state index contributed by atoms with van der Waals surface area (Å²) in [6.45, 7) is 4.38. The minimum atomic E-state index is -4.03. The lowest BCUT2D eigenvalue weighted by Gasteiger charge is -2.39. The minimum Gasteiger partial charge on any atom is -0.310 e. The molecule has 0 spiro atoms. The van der Waals surface area contributed by atoms with Crippen molar-refractivity contribution < 1.29 is 13.2 Å². The van der Waals surface area contributed by atoms with E-state index in [0.717, 1.165) is 13.1 Å². The van der Waals surface area contributed by atoms with Gasteiger partial charge < -0.3 is 10.2 Å². The summed E-state index contributed by atoms with van der Waals surface area (Å²) in [5.41, 5.74) is 0. The van der Waals surface area contributed by atoms with Gasteiger partial charge in [0.25, 0.3) is 0 Å². The van der Waals surface area contributed by atoms with E-state index in [1.54, 1.807) is 0 Å². The van der Waals surface area contributed by atoms with Crippen molar-refractivity contribution in [2.24, 2.45) is 5.92 Å². The summed E-state index contributed by atoms with van der Waals surface area (Å²) in [6, 6.07) is 0.775. The standard InChI is InChI=1S/C14H25F3N2/c1-2-19-9-11(8-14(15,16)17)7-13(10-19)18-12-5-3-4-6-12/h11-13,18H,2-10H2,1H3. The minimum absolute atomic E-state index is 0.240. The van der Waals surface area contributed by atoms with Crippen LogP contribution in [0, 0.1) is 5.92 Å². The highest BCUT2D eigenvalue weighted by atomic mass is 19.4. The molecular weight excluding hydrogens is 253 g/mol. The van der Waals surface area contributed by atoms with Crippen molar-refractivity contribution in [2.75, 3.05) is 19.6 Å². The quantitative estimate of drug-likeness (QED) is 0.849. The van der Waals surface area contributed by atoms with Gasteiger partial charge in [0, 0.05) is 31.6 Å². The van der Waals surface area contributed by atoms with Gasteiger partial charge in [0.15, 0.2) is 0 Å². The molecule has 2 rings (SSSR count). The maximum atomic E-state index is 12.6. The van der Waals surface area contributed by atoms with Crippen LogP contribution in [0.1, 0.15) is 45.4 Å². The van der Waals surface area contributed by atoms with E-state index < -0.39 is 12.6 Å². The summed E-state index contributed by atoms with van der Waals surface area (Å²) in [5.74, 6) is -0.243. The maximum Gasteiger partial charge on any atom is 0.389 e. The first kappa shape index (κ1) is 15.1. The van der Waals surface area contributed by atoms with Crippen molar-refractivity contribution in [2.45, 2.75) is 63.7 Å². The van der Waals surface area contributed by atoms with Gasteiger partial charge in [-0.3, -0.25) is 0 Å². The number of nitrogens with one attached hydrogen (secondary N) is 1. The van der Waals surface area contributed by atoms with Gasteiger partial charge in [-0.15, -0.1) is 0 Å². The third-order valence-corrected chi connectivity index (χ3v) is 4.41. The molecule has 2 fully saturated rings. The Kier molecular flexibility index (Phi) is 5.12. The zero-order chi connectivity index (χ0) is 13.9. The molecule has 2 atom stereocenters. The molecule has 1 saturated heterocycles. The lowest BCUT2D eigenvalue weighted by Crippen LogP contribution is -2.51. The van der Waals surface area contributed by atoms with E-state index in [1.807, 2.05) is 6.92 Å². The van der Waals surface area contributed by atoms with Gasteiger partial charge in [-0.2, -0.15) is 13.2 Å². The van der Waals surface area contributed by atoms with Crippen LogP contribution in [-0.4, -0.2) is 42.8 Å². The van der Waals surface area contributed by atoms with Gasteiger partial charge in [0.05, 0.1) is 0 Å². The van der Waals surface area contributed by atoms with Crippen molar-refractivity contribution in [1.82, 2.24) is 10.2 Å². The number of rotatable bonds is 4. The molecule has 1 saturated carbocycles. The van der Waals surface area contributed by atoms with Gasteiger partial charge in [0.1, 0.15) is 0 Å². The van der Waals surface area contributed by atoms with Crippen LogP contribution >= 0.6 is 0 Å². The Morgan fingerprint density at radius 1 is 1.11 bits per heavy atom. The van der Waals surface area contributed by atoms with Gasteiger partial charge in [0.2, 0.25) is 0 Å². The van der Waals surface area contributed by atoms with Crippen molar-refractivity contribution >= 4 is 0 Å². The molecule has 0 bridgehead atoms. The molecule has 1 aliphatic carbocycles. The molecule has 0 aromatic heterocycles. The number of piperidine rings is 1. The summed E-state index contributed by atoms with van der Waals surface area (Å²) in [7, 11) is 0. The van der Waals surface area contributed by atoms with E-state index in [9.17, 15) is 13.2 Å². The molecule has 2 aliphatic rings. The molecule has 0 aromatic carbocycles. The Bertz CT molecular complexity index is 274. The van der Waals surface area contributed by atoms with Crippen LogP contribution in [0.2, 0.25) is 0 Å². The van der Waals surface area contributed by atoms with Crippen molar-refractivity contribution in [3.05, 3.63) is 0 Å². The third-order valence-electron chi connectivity index (χ3n) is 4.41. The second-order valence-electron chi connectivity index (χ2n) is 6.12. The molecule has 1 aliphatic heterocycles. The highest BCUT2D eigenvalue weighted by Crippen LogP contribution is 2.31. The third kappa shape index (κ3) is 4.95. The molecule has 19 heavy (non-hydrogen) atoms. The first-order valence-electron chi connectivity index (χ1n) is 7.51. The average Bonchev–Trinajstić information content (AvgIpc) is 2.79. The summed E-state index contributed by atoms with van der Waals surface area (Å²) in [4.78, 5) is 2.16. The molecule has 112 valence electrons. The fourth-order valence-electron chi connectivity index (χ4n) is 3.58. The van der Waals surface area contributed by atoms with Crippen LogP contribution in [0.25, 0.3) is 0 Å². The molecule has 1 N–H and O–H groups in total. The molecular formula is C14H25F3N2. The number of hydrogen-bond donors (Lipinski definition) is 1. The lowest BCUT2D eigenvalue weighted by molar-refractivity contribution is -0.148. The highest BCUT2D eigenvalue weighted by Gasteiger charge is 2.36. The molecule has 0 aromatic rings. The SMILES string of the molecule is CCN1CC(CC(F)(F)F)CC(NC2CCCC2)C1. The molecule has 1 heterocycles. The molecule has 5 heteroatoms. The average molecular weight is 278 g/mol. The Morgan fingerprint density at radius 2 is 1.79 bits per heavy atom. The first-order valence-corrected chi connectivity index (χ1v) is 7.51. The number of halogens is 3. The smallest absolute Gasteiger partial charge is 0.310 e. The van der Waals surface area contributed by atoms with E-state index >= 15 is 0 Å². The fraction of sp³-hybridized carbons (Fsp3) is 1.00. The van der Waals surface area contributed by atoms with Crippen LogP contribution in [-0.2, 0) is 0 Å².